The molecule has 0 aliphatic carbocycles. The van der Waals surface area contributed by atoms with Gasteiger partial charge in [-0.2, -0.15) is 0 Å². The molecule has 1 atom stereocenters. The highest BCUT2D eigenvalue weighted by Gasteiger charge is 2.17. The molecule has 0 aromatic carbocycles. The zero-order valence-corrected chi connectivity index (χ0v) is 12.1. The van der Waals surface area contributed by atoms with Gasteiger partial charge in [0, 0.05) is 13.3 Å². The fraction of sp³-hybridized carbons (Fsp3) is 0.571. The van der Waals surface area contributed by atoms with E-state index in [0.717, 1.165) is 24.4 Å². The molecule has 0 amide bonds. The van der Waals surface area contributed by atoms with Crippen LogP contribution in [0.2, 0.25) is 0 Å². The summed E-state index contributed by atoms with van der Waals surface area (Å²) >= 11 is 0. The van der Waals surface area contributed by atoms with Gasteiger partial charge in [0.15, 0.2) is 11.5 Å². The predicted molar refractivity (Wildman–Crippen MR) is 75.1 cm³/mol. The highest BCUT2D eigenvalue weighted by molar-refractivity contribution is 5.37. The molecule has 0 aliphatic heterocycles. The zero-order chi connectivity index (χ0) is 13.9. The molecule has 0 aliphatic rings. The van der Waals surface area contributed by atoms with Crippen LogP contribution in [0.5, 0.6) is 0 Å². The van der Waals surface area contributed by atoms with Crippen molar-refractivity contribution in [1.82, 2.24) is 19.9 Å². The van der Waals surface area contributed by atoms with Crippen LogP contribution in [0.15, 0.2) is 24.4 Å². The largest absolute Gasteiger partial charge is 0.379 e. The lowest BCUT2D eigenvalue weighted by Gasteiger charge is -2.23. The van der Waals surface area contributed by atoms with Crippen molar-refractivity contribution >= 4 is 5.65 Å². The molecular weight excluding hydrogens is 240 g/mol. The lowest BCUT2D eigenvalue weighted by Crippen LogP contribution is -2.30. The molecule has 0 fully saturated rings. The number of aromatic nitrogens is 3. The first-order valence-electron chi connectivity index (χ1n) is 6.62. The van der Waals surface area contributed by atoms with Crippen molar-refractivity contribution in [3.05, 3.63) is 30.2 Å². The number of pyridine rings is 1. The van der Waals surface area contributed by atoms with Gasteiger partial charge >= 0.3 is 0 Å². The van der Waals surface area contributed by atoms with E-state index in [1.807, 2.05) is 28.8 Å². The Labute approximate surface area is 114 Å². The van der Waals surface area contributed by atoms with Crippen LogP contribution in [-0.2, 0) is 4.74 Å². The van der Waals surface area contributed by atoms with Crippen molar-refractivity contribution in [3.8, 4) is 0 Å². The van der Waals surface area contributed by atoms with Crippen LogP contribution in [0, 0.1) is 0 Å². The van der Waals surface area contributed by atoms with Crippen LogP contribution in [0.1, 0.15) is 39.1 Å². The second kappa shape index (κ2) is 5.67. The molecule has 0 spiro atoms. The molecular formula is C14H22N4O. The van der Waals surface area contributed by atoms with Gasteiger partial charge < -0.3 is 10.1 Å². The average Bonchev–Trinajstić information content (AvgIpc) is 2.82. The fourth-order valence-corrected chi connectivity index (χ4v) is 1.94. The second-order valence-corrected chi connectivity index (χ2v) is 5.38. The summed E-state index contributed by atoms with van der Waals surface area (Å²) in [6, 6.07) is 6.07. The monoisotopic (exact) mass is 262 g/mol. The molecule has 2 rings (SSSR count). The van der Waals surface area contributed by atoms with E-state index in [0.29, 0.717) is 0 Å². The predicted octanol–water partition coefficient (Wildman–Crippen LogP) is 2.20. The highest BCUT2D eigenvalue weighted by atomic mass is 16.5. The molecule has 19 heavy (non-hydrogen) atoms. The average molecular weight is 262 g/mol. The van der Waals surface area contributed by atoms with Crippen LogP contribution >= 0.6 is 0 Å². The Morgan fingerprint density at radius 2 is 2.16 bits per heavy atom. The molecule has 0 bridgehead atoms. The molecule has 0 radical (unpaired) electrons. The SMILES string of the molecule is COC(C)(C)CCNC(C)c1nnc2ccccn12. The van der Waals surface area contributed by atoms with Crippen LogP contribution < -0.4 is 5.32 Å². The van der Waals surface area contributed by atoms with Gasteiger partial charge in [0.1, 0.15) is 0 Å². The summed E-state index contributed by atoms with van der Waals surface area (Å²) < 4.78 is 7.42. The third-order valence-corrected chi connectivity index (χ3v) is 3.46. The van der Waals surface area contributed by atoms with Crippen molar-refractivity contribution in [2.24, 2.45) is 0 Å². The normalized spacial score (nSPS) is 13.9. The van der Waals surface area contributed by atoms with Crippen LogP contribution in [-0.4, -0.2) is 33.9 Å². The fourth-order valence-electron chi connectivity index (χ4n) is 1.94. The number of nitrogens with zero attached hydrogens (tertiary/aromatic N) is 3. The minimum atomic E-state index is -0.0976. The summed E-state index contributed by atoms with van der Waals surface area (Å²) in [7, 11) is 1.75. The van der Waals surface area contributed by atoms with Gasteiger partial charge in [-0.15, -0.1) is 10.2 Å². The molecule has 104 valence electrons. The number of fused-ring (bicyclic) bond motifs is 1. The summed E-state index contributed by atoms with van der Waals surface area (Å²) in [6.45, 7) is 7.16. The van der Waals surface area contributed by atoms with Gasteiger partial charge in [-0.3, -0.25) is 4.40 Å². The minimum Gasteiger partial charge on any atom is -0.379 e. The molecule has 2 aromatic rings. The van der Waals surface area contributed by atoms with Crippen molar-refractivity contribution in [3.63, 3.8) is 0 Å². The Morgan fingerprint density at radius 1 is 1.37 bits per heavy atom. The van der Waals surface area contributed by atoms with E-state index in [1.54, 1.807) is 7.11 Å². The number of hydrogen-bond donors (Lipinski definition) is 1. The maximum atomic E-state index is 5.41. The van der Waals surface area contributed by atoms with E-state index >= 15 is 0 Å². The number of ether oxygens (including phenoxy) is 1. The summed E-state index contributed by atoms with van der Waals surface area (Å²) in [6.07, 6.45) is 2.94. The number of hydrogen-bond acceptors (Lipinski definition) is 4. The van der Waals surface area contributed by atoms with Crippen molar-refractivity contribution in [2.45, 2.75) is 38.8 Å². The molecule has 2 aromatic heterocycles. The van der Waals surface area contributed by atoms with Crippen LogP contribution in [0.3, 0.4) is 0 Å². The Balaban J connectivity index is 1.98. The lowest BCUT2D eigenvalue weighted by atomic mass is 10.1. The Bertz CT molecular complexity index is 535. The third-order valence-electron chi connectivity index (χ3n) is 3.46. The van der Waals surface area contributed by atoms with Crippen molar-refractivity contribution < 1.29 is 4.74 Å². The topological polar surface area (TPSA) is 51.5 Å². The smallest absolute Gasteiger partial charge is 0.160 e. The molecule has 0 saturated heterocycles. The van der Waals surface area contributed by atoms with Gasteiger partial charge in [-0.25, -0.2) is 0 Å². The number of nitrogens with one attached hydrogen (secondary N) is 1. The Morgan fingerprint density at radius 3 is 2.89 bits per heavy atom. The van der Waals surface area contributed by atoms with E-state index in [-0.39, 0.29) is 11.6 Å². The van der Waals surface area contributed by atoms with E-state index < -0.39 is 0 Å². The summed E-state index contributed by atoms with van der Waals surface area (Å²) in [5.74, 6) is 0.936. The van der Waals surface area contributed by atoms with Crippen molar-refractivity contribution in [1.29, 1.82) is 0 Å². The Kier molecular flexibility index (Phi) is 4.17. The molecule has 5 heteroatoms. The molecule has 0 saturated carbocycles. The van der Waals surface area contributed by atoms with E-state index in [2.05, 4.69) is 36.3 Å². The number of methoxy groups -OCH3 is 1. The molecule has 1 N–H and O–H groups in total. The maximum Gasteiger partial charge on any atom is 0.160 e. The van der Waals surface area contributed by atoms with Crippen LogP contribution in [0.25, 0.3) is 5.65 Å². The first-order valence-corrected chi connectivity index (χ1v) is 6.62. The molecule has 5 nitrogen and oxygen atoms in total. The highest BCUT2D eigenvalue weighted by Crippen LogP contribution is 2.14. The zero-order valence-electron chi connectivity index (χ0n) is 12.1. The quantitative estimate of drug-likeness (QED) is 0.867. The van der Waals surface area contributed by atoms with Crippen molar-refractivity contribution in [2.75, 3.05) is 13.7 Å². The van der Waals surface area contributed by atoms with Gasteiger partial charge in [-0.05, 0) is 45.9 Å². The molecule has 1 unspecified atom stereocenters. The van der Waals surface area contributed by atoms with E-state index in [9.17, 15) is 0 Å². The summed E-state index contributed by atoms with van der Waals surface area (Å²) in [5, 5.41) is 11.9. The summed E-state index contributed by atoms with van der Waals surface area (Å²) in [4.78, 5) is 0. The Hall–Kier alpha value is -1.46. The number of rotatable bonds is 6. The van der Waals surface area contributed by atoms with Gasteiger partial charge in [0.05, 0.1) is 11.6 Å². The maximum absolute atomic E-state index is 5.41. The van der Waals surface area contributed by atoms with Crippen LogP contribution in [0.4, 0.5) is 0 Å². The minimum absolute atomic E-state index is 0.0976. The second-order valence-electron chi connectivity index (χ2n) is 5.38. The van der Waals surface area contributed by atoms with E-state index in [4.69, 9.17) is 4.74 Å². The first kappa shape index (κ1) is 14.0. The van der Waals surface area contributed by atoms with Gasteiger partial charge in [0.25, 0.3) is 0 Å². The summed E-state index contributed by atoms with van der Waals surface area (Å²) in [5.41, 5.74) is 0.781. The molecule has 2 heterocycles. The third kappa shape index (κ3) is 3.30. The standard InChI is InChI=1S/C14H22N4O/c1-11(15-9-8-14(2,3)19-4)13-17-16-12-7-5-6-10-18(12)13/h5-7,10-11,15H,8-9H2,1-4H3. The van der Waals surface area contributed by atoms with Gasteiger partial charge in [0.2, 0.25) is 0 Å². The first-order chi connectivity index (χ1) is 9.03. The van der Waals surface area contributed by atoms with E-state index in [1.165, 1.54) is 0 Å². The van der Waals surface area contributed by atoms with Gasteiger partial charge in [-0.1, -0.05) is 6.07 Å². The lowest BCUT2D eigenvalue weighted by molar-refractivity contribution is 0.0154.